The zero-order valence-corrected chi connectivity index (χ0v) is 10.8. The molecule has 0 bridgehead atoms. The van der Waals surface area contributed by atoms with Crippen molar-refractivity contribution in [2.45, 2.75) is 20.8 Å². The zero-order valence-electron chi connectivity index (χ0n) is 9.96. The van der Waals surface area contributed by atoms with E-state index in [4.69, 9.17) is 4.42 Å². The van der Waals surface area contributed by atoms with Crippen molar-refractivity contribution in [3.8, 4) is 0 Å². The standard InChI is InChI=1S/C14H12O2S/c1-7-6-12(15)16-13-10(7)4-5-11-8(2)9(3)17-14(11)13/h4-6H,1-3H3. The molecule has 0 aliphatic rings. The maximum absolute atomic E-state index is 11.5. The number of thiophene rings is 1. The number of aryl methyl sites for hydroxylation is 3. The zero-order chi connectivity index (χ0) is 12.2. The Hall–Kier alpha value is -1.61. The summed E-state index contributed by atoms with van der Waals surface area (Å²) in [6.45, 7) is 6.14. The van der Waals surface area contributed by atoms with E-state index in [0.717, 1.165) is 21.2 Å². The summed E-state index contributed by atoms with van der Waals surface area (Å²) in [6.07, 6.45) is 0. The Morgan fingerprint density at radius 2 is 1.82 bits per heavy atom. The monoisotopic (exact) mass is 244 g/mol. The molecule has 0 fully saturated rings. The van der Waals surface area contributed by atoms with Gasteiger partial charge in [0.25, 0.3) is 0 Å². The van der Waals surface area contributed by atoms with E-state index >= 15 is 0 Å². The summed E-state index contributed by atoms with van der Waals surface area (Å²) in [7, 11) is 0. The summed E-state index contributed by atoms with van der Waals surface area (Å²) in [5.74, 6) is 0. The van der Waals surface area contributed by atoms with Crippen LogP contribution >= 0.6 is 11.3 Å². The van der Waals surface area contributed by atoms with Crippen molar-refractivity contribution in [1.82, 2.24) is 0 Å². The van der Waals surface area contributed by atoms with E-state index in [1.807, 2.05) is 13.0 Å². The second-order valence-electron chi connectivity index (χ2n) is 4.35. The molecule has 0 N–H and O–H groups in total. The maximum Gasteiger partial charge on any atom is 0.336 e. The molecule has 3 aromatic rings. The normalized spacial score (nSPS) is 11.5. The van der Waals surface area contributed by atoms with Gasteiger partial charge in [0.1, 0.15) is 0 Å². The van der Waals surface area contributed by atoms with Gasteiger partial charge >= 0.3 is 5.63 Å². The lowest BCUT2D eigenvalue weighted by molar-refractivity contribution is 0.563. The summed E-state index contributed by atoms with van der Waals surface area (Å²) in [6, 6.07) is 5.69. The highest BCUT2D eigenvalue weighted by molar-refractivity contribution is 7.20. The van der Waals surface area contributed by atoms with Crippen LogP contribution in [0.25, 0.3) is 21.1 Å². The second-order valence-corrected chi connectivity index (χ2v) is 5.58. The third kappa shape index (κ3) is 1.42. The lowest BCUT2D eigenvalue weighted by Gasteiger charge is -2.01. The van der Waals surface area contributed by atoms with E-state index in [2.05, 4.69) is 19.9 Å². The SMILES string of the molecule is Cc1sc2c(ccc3c(C)cc(=O)oc32)c1C. The van der Waals surface area contributed by atoms with Gasteiger partial charge in [0.15, 0.2) is 5.58 Å². The predicted molar refractivity (Wildman–Crippen MR) is 72.1 cm³/mol. The average Bonchev–Trinajstić information content (AvgIpc) is 2.56. The first kappa shape index (κ1) is 10.5. The van der Waals surface area contributed by atoms with Gasteiger partial charge in [0, 0.05) is 16.3 Å². The fourth-order valence-corrected chi connectivity index (χ4v) is 3.32. The van der Waals surface area contributed by atoms with Crippen molar-refractivity contribution >= 4 is 32.4 Å². The van der Waals surface area contributed by atoms with Gasteiger partial charge in [0.2, 0.25) is 0 Å². The third-order valence-electron chi connectivity index (χ3n) is 3.26. The first-order valence-electron chi connectivity index (χ1n) is 5.51. The van der Waals surface area contributed by atoms with Crippen LogP contribution in [-0.2, 0) is 0 Å². The quantitative estimate of drug-likeness (QED) is 0.561. The van der Waals surface area contributed by atoms with Crippen LogP contribution in [0.4, 0.5) is 0 Å². The van der Waals surface area contributed by atoms with Crippen LogP contribution in [0.5, 0.6) is 0 Å². The summed E-state index contributed by atoms with van der Waals surface area (Å²) >= 11 is 1.69. The summed E-state index contributed by atoms with van der Waals surface area (Å²) < 4.78 is 6.46. The van der Waals surface area contributed by atoms with Gasteiger partial charge in [0.05, 0.1) is 4.70 Å². The van der Waals surface area contributed by atoms with Crippen molar-refractivity contribution in [1.29, 1.82) is 0 Å². The molecule has 0 aliphatic heterocycles. The minimum atomic E-state index is -0.272. The van der Waals surface area contributed by atoms with E-state index in [0.29, 0.717) is 0 Å². The molecule has 0 spiro atoms. The smallest absolute Gasteiger partial charge is 0.336 e. The number of rotatable bonds is 0. The molecular weight excluding hydrogens is 232 g/mol. The number of fused-ring (bicyclic) bond motifs is 3. The topological polar surface area (TPSA) is 30.2 Å². The molecule has 86 valence electrons. The fourth-order valence-electron chi connectivity index (χ4n) is 2.18. The summed E-state index contributed by atoms with van der Waals surface area (Å²) in [5.41, 5.74) is 2.71. The van der Waals surface area contributed by atoms with E-state index in [1.54, 1.807) is 17.4 Å². The molecule has 0 unspecified atom stereocenters. The first-order valence-corrected chi connectivity index (χ1v) is 6.33. The molecule has 17 heavy (non-hydrogen) atoms. The molecule has 0 saturated carbocycles. The highest BCUT2D eigenvalue weighted by Gasteiger charge is 2.11. The lowest BCUT2D eigenvalue weighted by atomic mass is 10.1. The molecule has 0 amide bonds. The average molecular weight is 244 g/mol. The van der Waals surface area contributed by atoms with Crippen LogP contribution in [0.2, 0.25) is 0 Å². The molecule has 2 heterocycles. The van der Waals surface area contributed by atoms with Gasteiger partial charge in [-0.25, -0.2) is 4.79 Å². The highest BCUT2D eigenvalue weighted by atomic mass is 32.1. The van der Waals surface area contributed by atoms with Crippen LogP contribution in [0.1, 0.15) is 16.0 Å². The minimum Gasteiger partial charge on any atom is -0.421 e. The van der Waals surface area contributed by atoms with Gasteiger partial charge in [-0.2, -0.15) is 0 Å². The van der Waals surface area contributed by atoms with Gasteiger partial charge in [-0.3, -0.25) is 0 Å². The number of hydrogen-bond acceptors (Lipinski definition) is 3. The minimum absolute atomic E-state index is 0.272. The van der Waals surface area contributed by atoms with E-state index in [1.165, 1.54) is 15.8 Å². The van der Waals surface area contributed by atoms with Crippen LogP contribution < -0.4 is 5.63 Å². The van der Waals surface area contributed by atoms with Crippen molar-refractivity contribution in [3.05, 3.63) is 44.6 Å². The largest absolute Gasteiger partial charge is 0.421 e. The van der Waals surface area contributed by atoms with Gasteiger partial charge < -0.3 is 4.42 Å². The Morgan fingerprint density at radius 1 is 1.12 bits per heavy atom. The van der Waals surface area contributed by atoms with Gasteiger partial charge in [-0.15, -0.1) is 11.3 Å². The molecule has 3 rings (SSSR count). The van der Waals surface area contributed by atoms with Crippen LogP contribution in [0, 0.1) is 20.8 Å². The van der Waals surface area contributed by atoms with Crippen LogP contribution in [0.3, 0.4) is 0 Å². The Kier molecular flexibility index (Phi) is 2.13. The fraction of sp³-hybridized carbons (Fsp3) is 0.214. The van der Waals surface area contributed by atoms with Gasteiger partial charge in [-0.1, -0.05) is 12.1 Å². The molecule has 2 aromatic heterocycles. The molecule has 2 nitrogen and oxygen atoms in total. The molecule has 0 atom stereocenters. The summed E-state index contributed by atoms with van der Waals surface area (Å²) in [5, 5.41) is 2.21. The number of benzene rings is 1. The van der Waals surface area contributed by atoms with Crippen molar-refractivity contribution in [2.24, 2.45) is 0 Å². The van der Waals surface area contributed by atoms with E-state index in [9.17, 15) is 4.79 Å². The Morgan fingerprint density at radius 3 is 2.59 bits per heavy atom. The molecular formula is C14H12O2S. The predicted octanol–water partition coefficient (Wildman–Crippen LogP) is 3.93. The van der Waals surface area contributed by atoms with E-state index < -0.39 is 0 Å². The molecule has 0 radical (unpaired) electrons. The Balaban J connectivity index is 2.64. The lowest BCUT2D eigenvalue weighted by Crippen LogP contribution is -1.97. The van der Waals surface area contributed by atoms with E-state index in [-0.39, 0.29) is 5.63 Å². The summed E-state index contributed by atoms with van der Waals surface area (Å²) in [4.78, 5) is 12.8. The Labute approximate surface area is 102 Å². The third-order valence-corrected chi connectivity index (χ3v) is 4.48. The maximum atomic E-state index is 11.5. The molecule has 3 heteroatoms. The first-order chi connectivity index (χ1) is 8.08. The molecule has 0 saturated heterocycles. The van der Waals surface area contributed by atoms with Crippen molar-refractivity contribution in [3.63, 3.8) is 0 Å². The van der Waals surface area contributed by atoms with Crippen molar-refractivity contribution < 1.29 is 4.42 Å². The Bertz CT molecular complexity index is 793. The molecule has 0 aliphatic carbocycles. The molecule has 1 aromatic carbocycles. The van der Waals surface area contributed by atoms with Crippen LogP contribution in [-0.4, -0.2) is 0 Å². The van der Waals surface area contributed by atoms with Gasteiger partial charge in [-0.05, 0) is 37.3 Å². The highest BCUT2D eigenvalue weighted by Crippen LogP contribution is 2.35. The number of hydrogen-bond donors (Lipinski definition) is 0. The van der Waals surface area contributed by atoms with Crippen molar-refractivity contribution in [2.75, 3.05) is 0 Å². The second kappa shape index (κ2) is 3.44. The van der Waals surface area contributed by atoms with Crippen LogP contribution in [0.15, 0.2) is 27.4 Å².